The fourth-order valence-corrected chi connectivity index (χ4v) is 2.01. The Morgan fingerprint density at radius 3 is 2.24 bits per heavy atom. The second kappa shape index (κ2) is 7.42. The Balaban J connectivity index is 4.45. The van der Waals surface area contributed by atoms with Gasteiger partial charge < -0.3 is 15.3 Å². The van der Waals surface area contributed by atoms with E-state index in [4.69, 9.17) is 5.11 Å². The van der Waals surface area contributed by atoms with E-state index in [2.05, 4.69) is 5.32 Å². The summed E-state index contributed by atoms with van der Waals surface area (Å²) in [5.41, 5.74) is 0. The largest absolute Gasteiger partial charge is 0.480 e. The number of nitrogens with one attached hydrogen (secondary N) is 1. The minimum atomic E-state index is -1.00. The lowest BCUT2D eigenvalue weighted by Gasteiger charge is -2.27. The molecule has 0 saturated carbocycles. The molecule has 0 fully saturated rings. The molecule has 0 aliphatic carbocycles. The van der Waals surface area contributed by atoms with Crippen LogP contribution in [0.15, 0.2) is 0 Å². The summed E-state index contributed by atoms with van der Waals surface area (Å²) in [4.78, 5) is 24.3. The summed E-state index contributed by atoms with van der Waals surface area (Å²) in [6.07, 6.45) is 1.97. The quantitative estimate of drug-likeness (QED) is 0.761. The molecule has 0 aromatic heterocycles. The highest BCUT2D eigenvalue weighted by molar-refractivity contribution is 7.98. The topological polar surface area (TPSA) is 69.6 Å². The first kappa shape index (κ1) is 16.1. The maximum atomic E-state index is 11.8. The number of carbonyl (C=O) groups excluding carboxylic acids is 1. The number of nitrogens with zero attached hydrogens (tertiary/aromatic N) is 1. The molecule has 0 aromatic carbocycles. The van der Waals surface area contributed by atoms with Crippen molar-refractivity contribution in [3.8, 4) is 0 Å². The van der Waals surface area contributed by atoms with Gasteiger partial charge in [0.25, 0.3) is 0 Å². The van der Waals surface area contributed by atoms with Crippen molar-refractivity contribution >= 4 is 23.8 Å². The summed E-state index contributed by atoms with van der Waals surface area (Å²) >= 11 is 1.65. The molecule has 1 unspecified atom stereocenters. The van der Waals surface area contributed by atoms with Crippen LogP contribution in [0.4, 0.5) is 4.79 Å². The van der Waals surface area contributed by atoms with Gasteiger partial charge in [-0.05, 0) is 19.1 Å². The van der Waals surface area contributed by atoms with Crippen LogP contribution in [0.5, 0.6) is 0 Å². The second-order valence-corrected chi connectivity index (χ2v) is 5.34. The highest BCUT2D eigenvalue weighted by Crippen LogP contribution is 2.06. The zero-order chi connectivity index (χ0) is 13.6. The molecule has 0 aliphatic rings. The molecular weight excluding hydrogens is 240 g/mol. The summed E-state index contributed by atoms with van der Waals surface area (Å²) in [6.45, 7) is 5.47. The molecule has 2 atom stereocenters. The van der Waals surface area contributed by atoms with Gasteiger partial charge in [0, 0.05) is 18.8 Å². The number of thioether (sulfide) groups is 1. The van der Waals surface area contributed by atoms with Crippen molar-refractivity contribution in [2.75, 3.05) is 19.1 Å². The first-order valence-electron chi connectivity index (χ1n) is 5.56. The van der Waals surface area contributed by atoms with E-state index in [1.54, 1.807) is 32.7 Å². The first-order chi connectivity index (χ1) is 7.81. The molecule has 0 rings (SSSR count). The lowest BCUT2D eigenvalue weighted by molar-refractivity contribution is -0.140. The number of aliphatic carboxylic acids is 1. The standard InChI is InChI=1S/C11H22N2O3S/c1-7(2)9(10(14)15)12-11(16)13(4)8(3)6-17-5/h7-9H,6H2,1-5H3,(H,12,16)(H,14,15)/t8?,9-/m1/s1. The third-order valence-electron chi connectivity index (χ3n) is 2.60. The van der Waals surface area contributed by atoms with Gasteiger partial charge in [-0.2, -0.15) is 11.8 Å². The minimum absolute atomic E-state index is 0.0756. The van der Waals surface area contributed by atoms with E-state index in [-0.39, 0.29) is 18.0 Å². The number of amides is 2. The normalized spacial score (nSPS) is 14.2. The Kier molecular flexibility index (Phi) is 7.03. The number of urea groups is 1. The van der Waals surface area contributed by atoms with Crippen LogP contribution in [0, 0.1) is 5.92 Å². The monoisotopic (exact) mass is 262 g/mol. The summed E-state index contributed by atoms with van der Waals surface area (Å²) in [5.74, 6) is -0.316. The van der Waals surface area contributed by atoms with E-state index in [0.29, 0.717) is 0 Å². The van der Waals surface area contributed by atoms with Crippen LogP contribution in [0.1, 0.15) is 20.8 Å². The van der Waals surface area contributed by atoms with Gasteiger partial charge in [-0.1, -0.05) is 13.8 Å². The molecule has 0 aliphatic heterocycles. The zero-order valence-electron chi connectivity index (χ0n) is 11.1. The van der Waals surface area contributed by atoms with Gasteiger partial charge in [0.1, 0.15) is 6.04 Å². The summed E-state index contributed by atoms with van der Waals surface area (Å²) in [7, 11) is 1.68. The molecule has 2 amide bonds. The summed E-state index contributed by atoms with van der Waals surface area (Å²) < 4.78 is 0. The summed E-state index contributed by atoms with van der Waals surface area (Å²) in [6, 6.07) is -1.11. The molecule has 6 heteroatoms. The van der Waals surface area contributed by atoms with Crippen LogP contribution in [0.3, 0.4) is 0 Å². The van der Waals surface area contributed by atoms with Crippen LogP contribution in [-0.4, -0.2) is 53.1 Å². The van der Waals surface area contributed by atoms with E-state index in [1.165, 1.54) is 4.90 Å². The smallest absolute Gasteiger partial charge is 0.326 e. The third kappa shape index (κ3) is 5.30. The highest BCUT2D eigenvalue weighted by Gasteiger charge is 2.26. The molecule has 5 nitrogen and oxygen atoms in total. The molecule has 0 radical (unpaired) electrons. The van der Waals surface area contributed by atoms with Crippen molar-refractivity contribution in [2.24, 2.45) is 5.92 Å². The SMILES string of the molecule is CSCC(C)N(C)C(=O)N[C@@H](C(=O)O)C(C)C. The first-order valence-corrected chi connectivity index (χ1v) is 6.95. The van der Waals surface area contributed by atoms with E-state index >= 15 is 0 Å². The number of rotatable bonds is 6. The average Bonchev–Trinajstić information content (AvgIpc) is 2.23. The maximum Gasteiger partial charge on any atom is 0.326 e. The Morgan fingerprint density at radius 2 is 1.88 bits per heavy atom. The van der Waals surface area contributed by atoms with E-state index in [1.807, 2.05) is 13.2 Å². The lowest BCUT2D eigenvalue weighted by Crippen LogP contribution is -2.51. The van der Waals surface area contributed by atoms with Crippen molar-refractivity contribution in [1.82, 2.24) is 10.2 Å². The van der Waals surface area contributed by atoms with Gasteiger partial charge in [0.15, 0.2) is 0 Å². The number of hydrogen-bond acceptors (Lipinski definition) is 3. The molecule has 0 saturated heterocycles. The number of carboxylic acid groups (broad SMARTS) is 1. The predicted octanol–water partition coefficient (Wildman–Crippen LogP) is 1.49. The average molecular weight is 262 g/mol. The number of carbonyl (C=O) groups is 2. The molecule has 17 heavy (non-hydrogen) atoms. The lowest BCUT2D eigenvalue weighted by atomic mass is 10.1. The highest BCUT2D eigenvalue weighted by atomic mass is 32.2. The van der Waals surface area contributed by atoms with E-state index < -0.39 is 12.0 Å². The second-order valence-electron chi connectivity index (χ2n) is 4.42. The van der Waals surface area contributed by atoms with Crippen LogP contribution in [0.25, 0.3) is 0 Å². The van der Waals surface area contributed by atoms with Crippen molar-refractivity contribution in [2.45, 2.75) is 32.9 Å². The molecule has 0 aromatic rings. The fraction of sp³-hybridized carbons (Fsp3) is 0.818. The minimum Gasteiger partial charge on any atom is -0.480 e. The maximum absolute atomic E-state index is 11.8. The molecular formula is C11H22N2O3S. The Morgan fingerprint density at radius 1 is 1.35 bits per heavy atom. The van der Waals surface area contributed by atoms with Crippen molar-refractivity contribution in [3.05, 3.63) is 0 Å². The number of carboxylic acids is 1. The predicted molar refractivity (Wildman–Crippen MR) is 70.4 cm³/mol. The Hall–Kier alpha value is -0.910. The van der Waals surface area contributed by atoms with Crippen molar-refractivity contribution in [3.63, 3.8) is 0 Å². The zero-order valence-corrected chi connectivity index (χ0v) is 11.9. The number of hydrogen-bond donors (Lipinski definition) is 2. The van der Waals surface area contributed by atoms with Crippen LogP contribution < -0.4 is 5.32 Å². The van der Waals surface area contributed by atoms with Crippen LogP contribution >= 0.6 is 11.8 Å². The van der Waals surface area contributed by atoms with Gasteiger partial charge in [0.2, 0.25) is 0 Å². The van der Waals surface area contributed by atoms with Gasteiger partial charge in [-0.15, -0.1) is 0 Å². The molecule has 0 spiro atoms. The van der Waals surface area contributed by atoms with Crippen molar-refractivity contribution in [1.29, 1.82) is 0 Å². The fourth-order valence-electron chi connectivity index (χ4n) is 1.30. The van der Waals surface area contributed by atoms with Gasteiger partial charge in [-0.25, -0.2) is 9.59 Å². The van der Waals surface area contributed by atoms with Gasteiger partial charge >= 0.3 is 12.0 Å². The third-order valence-corrected chi connectivity index (χ3v) is 3.42. The Labute approximate surface area is 107 Å². The van der Waals surface area contributed by atoms with E-state index in [0.717, 1.165) is 5.75 Å². The van der Waals surface area contributed by atoms with Gasteiger partial charge in [-0.3, -0.25) is 0 Å². The van der Waals surface area contributed by atoms with Crippen molar-refractivity contribution < 1.29 is 14.7 Å². The van der Waals surface area contributed by atoms with E-state index in [9.17, 15) is 9.59 Å². The molecule has 0 heterocycles. The molecule has 100 valence electrons. The summed E-state index contributed by atoms with van der Waals surface area (Å²) in [5, 5.41) is 11.5. The molecule has 0 bridgehead atoms. The Bertz CT molecular complexity index is 271. The van der Waals surface area contributed by atoms with Gasteiger partial charge in [0.05, 0.1) is 0 Å². The van der Waals surface area contributed by atoms with Crippen LogP contribution in [-0.2, 0) is 4.79 Å². The van der Waals surface area contributed by atoms with Crippen LogP contribution in [0.2, 0.25) is 0 Å². The molecule has 2 N–H and O–H groups in total.